The van der Waals surface area contributed by atoms with E-state index in [1.165, 1.54) is 11.3 Å². The average molecular weight is 363 g/mol. The standard InChI is InChI=1S/C12H19BrN4O2S/c1-12(2,3)19-11(18)14-8-4-6-17(7-5-8)10-16-15-9(13)20-10/h8H,4-7H2,1-3H3,(H,14,18). The lowest BCUT2D eigenvalue weighted by Crippen LogP contribution is -2.46. The Morgan fingerprint density at radius 1 is 1.40 bits per heavy atom. The number of anilines is 1. The molecule has 1 amide bonds. The highest BCUT2D eigenvalue weighted by Crippen LogP contribution is 2.26. The van der Waals surface area contributed by atoms with Crippen molar-refractivity contribution in [3.05, 3.63) is 3.92 Å². The molecule has 0 bridgehead atoms. The molecule has 20 heavy (non-hydrogen) atoms. The number of alkyl carbamates (subject to hydrolysis) is 1. The van der Waals surface area contributed by atoms with Crippen LogP contribution in [-0.4, -0.2) is 41.0 Å². The number of ether oxygens (including phenoxy) is 1. The van der Waals surface area contributed by atoms with Gasteiger partial charge in [0.15, 0.2) is 3.92 Å². The van der Waals surface area contributed by atoms with Crippen LogP contribution in [0.5, 0.6) is 0 Å². The van der Waals surface area contributed by atoms with Crippen molar-refractivity contribution in [2.24, 2.45) is 0 Å². The fourth-order valence-electron chi connectivity index (χ4n) is 2.02. The third-order valence-corrected chi connectivity index (χ3v) is 4.29. The second-order valence-corrected chi connectivity index (χ2v) is 7.98. The third-order valence-electron chi connectivity index (χ3n) is 2.88. The molecule has 1 aliphatic heterocycles. The van der Waals surface area contributed by atoms with E-state index in [9.17, 15) is 4.79 Å². The molecular weight excluding hydrogens is 344 g/mol. The molecule has 1 saturated heterocycles. The molecule has 0 spiro atoms. The van der Waals surface area contributed by atoms with E-state index in [0.717, 1.165) is 35.0 Å². The van der Waals surface area contributed by atoms with Crippen LogP contribution in [-0.2, 0) is 4.74 Å². The normalized spacial score (nSPS) is 17.1. The molecule has 2 rings (SSSR count). The fraction of sp³-hybridized carbons (Fsp3) is 0.750. The Labute approximate surface area is 131 Å². The van der Waals surface area contributed by atoms with Gasteiger partial charge in [-0.2, -0.15) is 0 Å². The maximum atomic E-state index is 11.7. The summed E-state index contributed by atoms with van der Waals surface area (Å²) in [5.41, 5.74) is -0.455. The number of hydrogen-bond donors (Lipinski definition) is 1. The van der Waals surface area contributed by atoms with Crippen molar-refractivity contribution in [1.82, 2.24) is 15.5 Å². The Bertz CT molecular complexity index is 466. The maximum absolute atomic E-state index is 11.7. The van der Waals surface area contributed by atoms with Gasteiger partial charge in [0.1, 0.15) is 5.60 Å². The number of carbonyl (C=O) groups is 1. The summed E-state index contributed by atoms with van der Waals surface area (Å²) in [6.07, 6.45) is 1.43. The number of nitrogens with one attached hydrogen (secondary N) is 1. The van der Waals surface area contributed by atoms with Crippen LogP contribution in [0.4, 0.5) is 9.93 Å². The average Bonchev–Trinajstić information content (AvgIpc) is 2.74. The molecule has 2 heterocycles. The number of halogens is 1. The molecule has 1 fully saturated rings. The van der Waals surface area contributed by atoms with Gasteiger partial charge in [0.25, 0.3) is 0 Å². The second-order valence-electron chi connectivity index (χ2n) is 5.75. The molecule has 1 N–H and O–H groups in total. The van der Waals surface area contributed by atoms with E-state index in [0.29, 0.717) is 0 Å². The molecule has 0 radical (unpaired) electrons. The lowest BCUT2D eigenvalue weighted by Gasteiger charge is -2.32. The van der Waals surface area contributed by atoms with E-state index in [4.69, 9.17) is 4.74 Å². The monoisotopic (exact) mass is 362 g/mol. The van der Waals surface area contributed by atoms with Crippen LogP contribution < -0.4 is 10.2 Å². The summed E-state index contributed by atoms with van der Waals surface area (Å²) in [4.78, 5) is 13.9. The highest BCUT2D eigenvalue weighted by molar-refractivity contribution is 9.11. The Hall–Kier alpha value is -0.890. The van der Waals surface area contributed by atoms with E-state index in [1.807, 2.05) is 20.8 Å². The van der Waals surface area contributed by atoms with Crippen LogP contribution in [0.2, 0.25) is 0 Å². The lowest BCUT2D eigenvalue weighted by atomic mass is 10.1. The smallest absolute Gasteiger partial charge is 0.407 e. The zero-order valence-corrected chi connectivity index (χ0v) is 14.3. The fourth-order valence-corrected chi connectivity index (χ4v) is 3.15. The molecule has 0 aromatic carbocycles. The first-order valence-corrected chi connectivity index (χ1v) is 8.18. The quantitative estimate of drug-likeness (QED) is 0.875. The van der Waals surface area contributed by atoms with Crippen molar-refractivity contribution in [2.45, 2.75) is 45.3 Å². The van der Waals surface area contributed by atoms with Gasteiger partial charge in [-0.15, -0.1) is 10.2 Å². The van der Waals surface area contributed by atoms with Crippen LogP contribution in [0.3, 0.4) is 0 Å². The Balaban J connectivity index is 1.78. The molecule has 1 aromatic rings. The highest BCUT2D eigenvalue weighted by Gasteiger charge is 2.24. The van der Waals surface area contributed by atoms with Gasteiger partial charge in [0.2, 0.25) is 5.13 Å². The summed E-state index contributed by atoms with van der Waals surface area (Å²) in [6.45, 7) is 7.32. The largest absolute Gasteiger partial charge is 0.444 e. The Morgan fingerprint density at radius 2 is 2.05 bits per heavy atom. The summed E-state index contributed by atoms with van der Waals surface area (Å²) in [5.74, 6) is 0. The SMILES string of the molecule is CC(C)(C)OC(=O)NC1CCN(c2nnc(Br)s2)CC1. The zero-order valence-electron chi connectivity index (χ0n) is 11.9. The molecular formula is C12H19BrN4O2S. The number of rotatable bonds is 2. The zero-order chi connectivity index (χ0) is 14.8. The number of aromatic nitrogens is 2. The van der Waals surface area contributed by atoms with E-state index in [1.54, 1.807) is 0 Å². The predicted molar refractivity (Wildman–Crippen MR) is 82.2 cm³/mol. The van der Waals surface area contributed by atoms with Crippen molar-refractivity contribution in [1.29, 1.82) is 0 Å². The molecule has 0 atom stereocenters. The summed E-state index contributed by atoms with van der Waals surface area (Å²) < 4.78 is 6.06. The molecule has 112 valence electrons. The summed E-state index contributed by atoms with van der Waals surface area (Å²) in [5, 5.41) is 11.9. The number of amides is 1. The van der Waals surface area contributed by atoms with Crippen LogP contribution in [0.15, 0.2) is 3.92 Å². The summed E-state index contributed by atoms with van der Waals surface area (Å²) >= 11 is 4.84. The minimum absolute atomic E-state index is 0.164. The number of piperidine rings is 1. The molecule has 6 nitrogen and oxygen atoms in total. The van der Waals surface area contributed by atoms with Crippen molar-refractivity contribution in [2.75, 3.05) is 18.0 Å². The molecule has 0 aliphatic carbocycles. The van der Waals surface area contributed by atoms with Crippen molar-refractivity contribution >= 4 is 38.5 Å². The van der Waals surface area contributed by atoms with E-state index >= 15 is 0 Å². The topological polar surface area (TPSA) is 67.3 Å². The minimum atomic E-state index is -0.455. The van der Waals surface area contributed by atoms with Gasteiger partial charge in [-0.1, -0.05) is 11.3 Å². The van der Waals surface area contributed by atoms with E-state index in [-0.39, 0.29) is 12.1 Å². The molecule has 8 heteroatoms. The van der Waals surface area contributed by atoms with Crippen LogP contribution in [0, 0.1) is 0 Å². The van der Waals surface area contributed by atoms with Crippen molar-refractivity contribution in [3.8, 4) is 0 Å². The Kier molecular flexibility index (Phi) is 4.85. The van der Waals surface area contributed by atoms with Crippen LogP contribution in [0.25, 0.3) is 0 Å². The van der Waals surface area contributed by atoms with E-state index < -0.39 is 5.60 Å². The molecule has 1 aromatic heterocycles. The lowest BCUT2D eigenvalue weighted by molar-refractivity contribution is 0.0497. The molecule has 0 saturated carbocycles. The van der Waals surface area contributed by atoms with Gasteiger partial charge in [-0.05, 0) is 49.5 Å². The van der Waals surface area contributed by atoms with Gasteiger partial charge < -0.3 is 15.0 Å². The van der Waals surface area contributed by atoms with Crippen molar-refractivity contribution in [3.63, 3.8) is 0 Å². The number of nitrogens with zero attached hydrogens (tertiary/aromatic N) is 3. The van der Waals surface area contributed by atoms with Gasteiger partial charge >= 0.3 is 6.09 Å². The van der Waals surface area contributed by atoms with Crippen LogP contribution >= 0.6 is 27.3 Å². The van der Waals surface area contributed by atoms with Crippen molar-refractivity contribution < 1.29 is 9.53 Å². The Morgan fingerprint density at radius 3 is 2.55 bits per heavy atom. The van der Waals surface area contributed by atoms with Gasteiger partial charge in [0.05, 0.1) is 0 Å². The first kappa shape index (κ1) is 15.5. The minimum Gasteiger partial charge on any atom is -0.444 e. The highest BCUT2D eigenvalue weighted by atomic mass is 79.9. The number of hydrogen-bond acceptors (Lipinski definition) is 6. The van der Waals surface area contributed by atoms with Gasteiger partial charge in [-0.3, -0.25) is 0 Å². The second kappa shape index (κ2) is 6.26. The first-order valence-electron chi connectivity index (χ1n) is 6.57. The molecule has 1 aliphatic rings. The summed E-state index contributed by atoms with van der Waals surface area (Å²) in [6, 6.07) is 0.164. The third kappa shape index (κ3) is 4.59. The summed E-state index contributed by atoms with van der Waals surface area (Å²) in [7, 11) is 0. The maximum Gasteiger partial charge on any atom is 0.407 e. The van der Waals surface area contributed by atoms with Gasteiger partial charge in [0, 0.05) is 19.1 Å². The van der Waals surface area contributed by atoms with E-state index in [2.05, 4.69) is 36.3 Å². The van der Waals surface area contributed by atoms with Crippen LogP contribution in [0.1, 0.15) is 33.6 Å². The van der Waals surface area contributed by atoms with Gasteiger partial charge in [-0.25, -0.2) is 4.79 Å². The molecule has 0 unspecified atom stereocenters. The predicted octanol–water partition coefficient (Wildman–Crippen LogP) is 2.79. The number of carbonyl (C=O) groups excluding carboxylic acids is 1. The first-order chi connectivity index (χ1) is 9.33.